The molecule has 15 heteroatoms. The molecule has 1 aliphatic heterocycles. The minimum atomic E-state index is -4.62. The van der Waals surface area contributed by atoms with Gasteiger partial charge in [0.1, 0.15) is 24.1 Å². The summed E-state index contributed by atoms with van der Waals surface area (Å²) in [6, 6.07) is 0.422. The van der Waals surface area contributed by atoms with Gasteiger partial charge in [0.25, 0.3) is 0 Å². The fraction of sp³-hybridized carbons (Fsp3) is 0.773. The van der Waals surface area contributed by atoms with Crippen LogP contribution >= 0.6 is 7.60 Å². The molecule has 4 rings (SSSR count). The molecule has 2 aliphatic rings. The zero-order valence-electron chi connectivity index (χ0n) is 21.1. The fourth-order valence-corrected chi connectivity index (χ4v) is 5.05. The first-order valence-corrected chi connectivity index (χ1v) is 14.1. The van der Waals surface area contributed by atoms with Gasteiger partial charge in [-0.05, 0) is 18.8 Å². The molecular formula is C22H36N5O9P. The Labute approximate surface area is 214 Å². The summed E-state index contributed by atoms with van der Waals surface area (Å²) in [6.45, 7) is 3.69. The molecule has 0 spiro atoms. The van der Waals surface area contributed by atoms with Crippen molar-refractivity contribution in [2.24, 2.45) is 5.92 Å². The molecule has 3 heterocycles. The third-order valence-electron chi connectivity index (χ3n) is 6.39. The predicted molar refractivity (Wildman–Crippen MR) is 131 cm³/mol. The van der Waals surface area contributed by atoms with Crippen LogP contribution in [-0.2, 0) is 18.8 Å². The number of aliphatic hydroxyl groups is 2. The molecule has 208 valence electrons. The van der Waals surface area contributed by atoms with Gasteiger partial charge in [-0.3, -0.25) is 4.57 Å². The zero-order chi connectivity index (χ0) is 26.7. The van der Waals surface area contributed by atoms with Crippen molar-refractivity contribution in [2.75, 3.05) is 32.2 Å². The van der Waals surface area contributed by atoms with Crippen LogP contribution in [-0.4, -0.2) is 96.9 Å². The molecule has 0 amide bonds. The van der Waals surface area contributed by atoms with Gasteiger partial charge in [0.2, 0.25) is 0 Å². The number of aliphatic hydroxyl groups excluding tert-OH is 2. The molecular weight excluding hydrogens is 509 g/mol. The van der Waals surface area contributed by atoms with Crippen LogP contribution in [0.5, 0.6) is 6.01 Å². The summed E-state index contributed by atoms with van der Waals surface area (Å²) in [5, 5.41) is 29.8. The van der Waals surface area contributed by atoms with Gasteiger partial charge >= 0.3 is 13.6 Å². The molecule has 37 heavy (non-hydrogen) atoms. The summed E-state index contributed by atoms with van der Waals surface area (Å²) in [5.41, 5.74) is 0.347. The van der Waals surface area contributed by atoms with Crippen molar-refractivity contribution in [3.05, 3.63) is 6.20 Å². The van der Waals surface area contributed by atoms with Gasteiger partial charge in [-0.15, -0.1) is 0 Å². The van der Waals surface area contributed by atoms with E-state index in [1.165, 1.54) is 11.8 Å². The SMILES string of the molecule is COCC(OC[C@H]1O[C@@H](n2ncc3c(NC4CCCC4)nc(OCC(C)C)nc32)[C@H](O)[C@@H]1O)P(=O)(O)O. The van der Waals surface area contributed by atoms with E-state index in [1.807, 2.05) is 13.8 Å². The molecule has 2 fully saturated rings. The average Bonchev–Trinajstić information content (AvgIpc) is 3.56. The van der Waals surface area contributed by atoms with Gasteiger partial charge < -0.3 is 44.3 Å². The van der Waals surface area contributed by atoms with Gasteiger partial charge in [0.15, 0.2) is 17.7 Å². The molecule has 0 bridgehead atoms. The van der Waals surface area contributed by atoms with Crippen molar-refractivity contribution in [3.63, 3.8) is 0 Å². The van der Waals surface area contributed by atoms with E-state index >= 15 is 0 Å². The molecule has 0 aromatic carbocycles. The Morgan fingerprint density at radius 2 is 1.92 bits per heavy atom. The minimum Gasteiger partial charge on any atom is -0.463 e. The smallest absolute Gasteiger partial charge is 0.356 e. The molecule has 1 saturated heterocycles. The van der Waals surface area contributed by atoms with Crippen LogP contribution in [0.15, 0.2) is 6.20 Å². The fourth-order valence-electron chi connectivity index (χ4n) is 4.43. The van der Waals surface area contributed by atoms with Gasteiger partial charge in [-0.1, -0.05) is 26.7 Å². The van der Waals surface area contributed by atoms with Crippen LogP contribution in [0.3, 0.4) is 0 Å². The Morgan fingerprint density at radius 1 is 1.19 bits per heavy atom. The molecule has 1 unspecified atom stereocenters. The normalized spacial score (nSPS) is 25.8. The van der Waals surface area contributed by atoms with Crippen LogP contribution in [0.2, 0.25) is 0 Å². The van der Waals surface area contributed by atoms with E-state index < -0.39 is 38.0 Å². The van der Waals surface area contributed by atoms with Crippen molar-refractivity contribution >= 4 is 24.4 Å². The number of anilines is 1. The highest BCUT2D eigenvalue weighted by molar-refractivity contribution is 7.52. The summed E-state index contributed by atoms with van der Waals surface area (Å²) in [6.07, 6.45) is 0.860. The second kappa shape index (κ2) is 11.9. The van der Waals surface area contributed by atoms with E-state index in [0.29, 0.717) is 23.5 Å². The number of aromatic nitrogens is 4. The Bertz CT molecular complexity index is 1090. The summed E-state index contributed by atoms with van der Waals surface area (Å²) in [5.74, 6) is -0.715. The van der Waals surface area contributed by atoms with E-state index in [2.05, 4.69) is 20.4 Å². The predicted octanol–water partition coefficient (Wildman–Crippen LogP) is 1.00. The zero-order valence-corrected chi connectivity index (χ0v) is 22.0. The van der Waals surface area contributed by atoms with Crippen LogP contribution < -0.4 is 10.1 Å². The summed E-state index contributed by atoms with van der Waals surface area (Å²) in [7, 11) is -3.34. The van der Waals surface area contributed by atoms with Gasteiger partial charge in [-0.2, -0.15) is 15.1 Å². The van der Waals surface area contributed by atoms with E-state index in [9.17, 15) is 24.6 Å². The van der Waals surface area contributed by atoms with Gasteiger partial charge in [0, 0.05) is 13.2 Å². The molecule has 1 aliphatic carbocycles. The van der Waals surface area contributed by atoms with E-state index in [1.54, 1.807) is 6.20 Å². The molecule has 1 saturated carbocycles. The number of nitrogens with zero attached hydrogens (tertiary/aromatic N) is 4. The third-order valence-corrected chi connectivity index (χ3v) is 7.44. The Morgan fingerprint density at radius 3 is 2.57 bits per heavy atom. The first-order valence-electron chi connectivity index (χ1n) is 12.4. The first kappa shape index (κ1) is 28.1. The molecule has 0 radical (unpaired) electrons. The molecule has 14 nitrogen and oxygen atoms in total. The van der Waals surface area contributed by atoms with Crippen molar-refractivity contribution in [3.8, 4) is 6.01 Å². The van der Waals surface area contributed by atoms with Crippen LogP contribution in [0.1, 0.15) is 45.8 Å². The summed E-state index contributed by atoms with van der Waals surface area (Å²) in [4.78, 5) is 28.0. The number of fused-ring (bicyclic) bond motifs is 1. The monoisotopic (exact) mass is 545 g/mol. The van der Waals surface area contributed by atoms with Crippen molar-refractivity contribution in [1.82, 2.24) is 19.7 Å². The lowest BCUT2D eigenvalue weighted by Gasteiger charge is -2.21. The van der Waals surface area contributed by atoms with E-state index in [-0.39, 0.29) is 31.2 Å². The van der Waals surface area contributed by atoms with Crippen LogP contribution in [0.25, 0.3) is 11.0 Å². The highest BCUT2D eigenvalue weighted by Crippen LogP contribution is 2.42. The number of ether oxygens (including phenoxy) is 4. The molecule has 2 aromatic rings. The van der Waals surface area contributed by atoms with Crippen molar-refractivity contribution in [1.29, 1.82) is 0 Å². The summed E-state index contributed by atoms with van der Waals surface area (Å²) >= 11 is 0. The maximum absolute atomic E-state index is 11.6. The third kappa shape index (κ3) is 6.58. The Hall–Kier alpha value is -1.90. The number of rotatable bonds is 12. The molecule has 5 N–H and O–H groups in total. The quantitative estimate of drug-likeness (QED) is 0.238. The van der Waals surface area contributed by atoms with Gasteiger partial charge in [0.05, 0.1) is 31.4 Å². The number of methoxy groups -OCH3 is 1. The van der Waals surface area contributed by atoms with Crippen LogP contribution in [0.4, 0.5) is 5.82 Å². The highest BCUT2D eigenvalue weighted by atomic mass is 31.2. The number of nitrogens with one attached hydrogen (secondary N) is 1. The second-order valence-electron chi connectivity index (χ2n) is 9.89. The van der Waals surface area contributed by atoms with E-state index in [0.717, 1.165) is 25.7 Å². The lowest BCUT2D eigenvalue weighted by atomic mass is 10.1. The highest BCUT2D eigenvalue weighted by Gasteiger charge is 2.46. The maximum Gasteiger partial charge on any atom is 0.356 e. The first-order chi connectivity index (χ1) is 17.6. The lowest BCUT2D eigenvalue weighted by Crippen LogP contribution is -2.35. The Balaban J connectivity index is 1.58. The number of hydrogen-bond donors (Lipinski definition) is 5. The van der Waals surface area contributed by atoms with Crippen molar-refractivity contribution < 1.29 is 43.5 Å². The van der Waals surface area contributed by atoms with Crippen molar-refractivity contribution in [2.45, 2.75) is 76.0 Å². The van der Waals surface area contributed by atoms with Gasteiger partial charge in [-0.25, -0.2) is 4.68 Å². The average molecular weight is 546 g/mol. The Kier molecular flexibility index (Phi) is 9.02. The summed E-state index contributed by atoms with van der Waals surface area (Å²) < 4.78 is 34.7. The lowest BCUT2D eigenvalue weighted by molar-refractivity contribution is -0.0826. The maximum atomic E-state index is 11.6. The van der Waals surface area contributed by atoms with E-state index in [4.69, 9.17) is 18.9 Å². The van der Waals surface area contributed by atoms with Crippen LogP contribution in [0, 0.1) is 5.92 Å². The molecule has 2 aromatic heterocycles. The largest absolute Gasteiger partial charge is 0.463 e. The standard InChI is InChI=1S/C22H36N5O9P/c1-12(2)9-35-22-25-19(24-13-6-4-5-7-13)14-8-23-27(20(14)26-22)21-18(29)17(28)15(36-21)10-34-16(11-33-3)37(30,31)32/h8,12-13,15-18,21,28-29H,4-7,9-11H2,1-3H3,(H,24,25,26)(H2,30,31,32)/t15-,16?,17-,18-,21-/m1/s1. The minimum absolute atomic E-state index is 0.153. The second-order valence-corrected chi connectivity index (χ2v) is 11.6. The topological polar surface area (TPSA) is 191 Å². The molecule has 5 atom stereocenters. The number of hydrogen-bond acceptors (Lipinski definition) is 11.